The summed E-state index contributed by atoms with van der Waals surface area (Å²) in [6.07, 6.45) is 1.54. The van der Waals surface area contributed by atoms with Gasteiger partial charge < -0.3 is 0 Å². The Hall–Kier alpha value is -1.40. The fourth-order valence-corrected chi connectivity index (χ4v) is 2.76. The first kappa shape index (κ1) is 13.0. The number of benzene rings is 1. The van der Waals surface area contributed by atoms with Gasteiger partial charge in [-0.1, -0.05) is 12.1 Å². The van der Waals surface area contributed by atoms with Gasteiger partial charge in [-0.3, -0.25) is 4.72 Å². The van der Waals surface area contributed by atoms with Crippen LogP contribution in [0.15, 0.2) is 52.0 Å². The number of sulfonamides is 1. The minimum absolute atomic E-state index is 0.229. The van der Waals surface area contributed by atoms with Crippen molar-refractivity contribution in [2.45, 2.75) is 11.8 Å². The first-order chi connectivity index (χ1) is 8.47. The largest absolute Gasteiger partial charge is 0.263 e. The molecule has 1 aromatic heterocycles. The summed E-state index contributed by atoms with van der Waals surface area (Å²) < 4.78 is 27.4. The van der Waals surface area contributed by atoms with E-state index in [1.807, 2.05) is 13.0 Å². The molecule has 0 unspecified atom stereocenters. The maximum atomic E-state index is 12.1. The van der Waals surface area contributed by atoms with E-state index in [4.69, 9.17) is 0 Å². The summed E-state index contributed by atoms with van der Waals surface area (Å²) in [4.78, 5) is 4.20. The molecule has 1 heterocycles. The molecule has 0 radical (unpaired) electrons. The maximum absolute atomic E-state index is 12.1. The van der Waals surface area contributed by atoms with E-state index < -0.39 is 10.0 Å². The van der Waals surface area contributed by atoms with Crippen LogP contribution in [0.3, 0.4) is 0 Å². The highest BCUT2D eigenvalue weighted by atomic mass is 79.9. The number of pyridine rings is 1. The Labute approximate surface area is 114 Å². The molecule has 0 amide bonds. The molecule has 0 saturated carbocycles. The second-order valence-corrected chi connectivity index (χ2v) is 6.38. The van der Waals surface area contributed by atoms with Crippen molar-refractivity contribution in [2.75, 3.05) is 4.72 Å². The Morgan fingerprint density at radius 3 is 2.61 bits per heavy atom. The summed E-state index contributed by atoms with van der Waals surface area (Å²) in [5.74, 6) is 0.291. The number of anilines is 1. The molecule has 0 aliphatic carbocycles. The first-order valence-corrected chi connectivity index (χ1v) is 7.46. The monoisotopic (exact) mass is 326 g/mol. The quantitative estimate of drug-likeness (QED) is 0.943. The van der Waals surface area contributed by atoms with Crippen LogP contribution in [-0.4, -0.2) is 13.4 Å². The van der Waals surface area contributed by atoms with E-state index in [9.17, 15) is 8.42 Å². The van der Waals surface area contributed by atoms with Crippen LogP contribution in [0.1, 0.15) is 5.56 Å². The number of aromatic nitrogens is 1. The van der Waals surface area contributed by atoms with E-state index in [-0.39, 0.29) is 4.90 Å². The number of aryl methyl sites for hydroxylation is 1. The number of hydrogen-bond donors (Lipinski definition) is 1. The minimum Gasteiger partial charge on any atom is -0.263 e. The molecule has 18 heavy (non-hydrogen) atoms. The van der Waals surface area contributed by atoms with Crippen LogP contribution in [0.4, 0.5) is 5.82 Å². The highest BCUT2D eigenvalue weighted by molar-refractivity contribution is 9.10. The molecule has 94 valence electrons. The van der Waals surface area contributed by atoms with Crippen LogP contribution in [0.25, 0.3) is 0 Å². The van der Waals surface area contributed by atoms with Gasteiger partial charge in [-0.05, 0) is 52.7 Å². The first-order valence-electron chi connectivity index (χ1n) is 5.18. The van der Waals surface area contributed by atoms with Crippen LogP contribution < -0.4 is 4.72 Å². The van der Waals surface area contributed by atoms with Gasteiger partial charge in [0.05, 0.1) is 4.90 Å². The number of halogens is 1. The van der Waals surface area contributed by atoms with Crippen molar-refractivity contribution in [3.63, 3.8) is 0 Å². The predicted octanol–water partition coefficient (Wildman–Crippen LogP) is 2.95. The lowest BCUT2D eigenvalue weighted by molar-refractivity contribution is 0.601. The Morgan fingerprint density at radius 1 is 1.22 bits per heavy atom. The highest BCUT2D eigenvalue weighted by Crippen LogP contribution is 2.16. The number of nitrogens with one attached hydrogen (secondary N) is 1. The zero-order valence-corrected chi connectivity index (χ0v) is 12.0. The van der Waals surface area contributed by atoms with Gasteiger partial charge in [-0.25, -0.2) is 13.4 Å². The molecule has 4 nitrogen and oxygen atoms in total. The lowest BCUT2D eigenvalue weighted by atomic mass is 10.2. The van der Waals surface area contributed by atoms with E-state index in [0.717, 1.165) is 10.0 Å². The average molecular weight is 327 g/mol. The summed E-state index contributed by atoms with van der Waals surface area (Å²) in [7, 11) is -3.58. The van der Waals surface area contributed by atoms with Crippen molar-refractivity contribution in [1.29, 1.82) is 0 Å². The van der Waals surface area contributed by atoms with Crippen molar-refractivity contribution in [1.82, 2.24) is 4.98 Å². The number of nitrogens with zero attached hydrogens (tertiary/aromatic N) is 1. The van der Waals surface area contributed by atoms with E-state index in [1.54, 1.807) is 30.3 Å². The van der Waals surface area contributed by atoms with Crippen LogP contribution in [-0.2, 0) is 10.0 Å². The van der Waals surface area contributed by atoms with Crippen molar-refractivity contribution in [3.8, 4) is 0 Å². The van der Waals surface area contributed by atoms with Gasteiger partial charge >= 0.3 is 0 Å². The summed E-state index contributed by atoms with van der Waals surface area (Å²) in [5.41, 5.74) is 0.890. The molecule has 0 saturated heterocycles. The number of rotatable bonds is 3. The third-order valence-corrected chi connectivity index (χ3v) is 4.09. The van der Waals surface area contributed by atoms with E-state index in [0.29, 0.717) is 5.82 Å². The Balaban J connectivity index is 2.30. The average Bonchev–Trinajstić information content (AvgIpc) is 2.32. The fraction of sp³-hybridized carbons (Fsp3) is 0.0833. The molecule has 2 rings (SSSR count). The topological polar surface area (TPSA) is 59.1 Å². The van der Waals surface area contributed by atoms with Gasteiger partial charge in [0.1, 0.15) is 5.82 Å². The second-order valence-electron chi connectivity index (χ2n) is 3.78. The van der Waals surface area contributed by atoms with Crippen LogP contribution in [0, 0.1) is 6.92 Å². The van der Waals surface area contributed by atoms with Gasteiger partial charge in [0, 0.05) is 10.7 Å². The third-order valence-electron chi connectivity index (χ3n) is 2.27. The molecule has 6 heteroatoms. The molecular weight excluding hydrogens is 316 g/mol. The highest BCUT2D eigenvalue weighted by Gasteiger charge is 2.14. The molecule has 0 aliphatic heterocycles. The zero-order valence-electron chi connectivity index (χ0n) is 9.59. The van der Waals surface area contributed by atoms with Crippen molar-refractivity contribution < 1.29 is 8.42 Å². The SMILES string of the molecule is Cc1cccc(S(=O)(=O)Nc2ccc(Br)cn2)c1. The van der Waals surface area contributed by atoms with Gasteiger partial charge in [-0.2, -0.15) is 0 Å². The van der Waals surface area contributed by atoms with Crippen molar-refractivity contribution >= 4 is 31.8 Å². The normalized spacial score (nSPS) is 11.2. The molecule has 0 fully saturated rings. The number of hydrogen-bond acceptors (Lipinski definition) is 3. The summed E-state index contributed by atoms with van der Waals surface area (Å²) in [6, 6.07) is 10.0. The molecule has 2 aromatic rings. The second kappa shape index (κ2) is 5.07. The maximum Gasteiger partial charge on any atom is 0.263 e. The lowest BCUT2D eigenvalue weighted by Crippen LogP contribution is -2.13. The van der Waals surface area contributed by atoms with Gasteiger partial charge in [0.25, 0.3) is 10.0 Å². The Morgan fingerprint density at radius 2 is 2.00 bits per heavy atom. The van der Waals surface area contributed by atoms with Crippen LogP contribution >= 0.6 is 15.9 Å². The molecule has 1 N–H and O–H groups in total. The summed E-state index contributed by atoms with van der Waals surface area (Å²) >= 11 is 3.24. The van der Waals surface area contributed by atoms with Crippen LogP contribution in [0.5, 0.6) is 0 Å². The lowest BCUT2D eigenvalue weighted by Gasteiger charge is -2.07. The fourth-order valence-electron chi connectivity index (χ4n) is 1.42. The minimum atomic E-state index is -3.58. The zero-order chi connectivity index (χ0) is 13.2. The van der Waals surface area contributed by atoms with Crippen molar-refractivity contribution in [3.05, 3.63) is 52.6 Å². The predicted molar refractivity (Wildman–Crippen MR) is 73.9 cm³/mol. The van der Waals surface area contributed by atoms with E-state index in [2.05, 4.69) is 25.6 Å². The Kier molecular flexibility index (Phi) is 3.68. The van der Waals surface area contributed by atoms with Gasteiger partial charge in [0.2, 0.25) is 0 Å². The summed E-state index contributed by atoms with van der Waals surface area (Å²) in [6.45, 7) is 1.84. The van der Waals surface area contributed by atoms with Crippen LogP contribution in [0.2, 0.25) is 0 Å². The van der Waals surface area contributed by atoms with Crippen molar-refractivity contribution in [2.24, 2.45) is 0 Å². The molecule has 0 atom stereocenters. The van der Waals surface area contributed by atoms with E-state index >= 15 is 0 Å². The molecular formula is C12H11BrN2O2S. The van der Waals surface area contributed by atoms with Gasteiger partial charge in [0.15, 0.2) is 0 Å². The van der Waals surface area contributed by atoms with Gasteiger partial charge in [-0.15, -0.1) is 0 Å². The summed E-state index contributed by atoms with van der Waals surface area (Å²) in [5, 5.41) is 0. The molecule has 0 bridgehead atoms. The molecule has 0 aliphatic rings. The third kappa shape index (κ3) is 3.08. The standard InChI is InChI=1S/C12H11BrN2O2S/c1-9-3-2-4-11(7-9)18(16,17)15-12-6-5-10(13)8-14-12/h2-8H,1H3,(H,14,15). The Bertz CT molecular complexity index is 654. The molecule has 1 aromatic carbocycles. The molecule has 0 spiro atoms. The smallest absolute Gasteiger partial charge is 0.263 e. The van der Waals surface area contributed by atoms with E-state index in [1.165, 1.54) is 6.20 Å².